The number of nitrogens with zero attached hydrogens (tertiary/aromatic N) is 4. The fourth-order valence-electron chi connectivity index (χ4n) is 4.90. The number of carbonyl (C=O) groups is 2. The second-order valence-electron chi connectivity index (χ2n) is 9.18. The molecule has 0 aliphatic carbocycles. The lowest BCUT2D eigenvalue weighted by atomic mass is 9.87. The van der Waals surface area contributed by atoms with E-state index in [1.165, 1.54) is 18.6 Å². The molecule has 2 aromatic carbocycles. The van der Waals surface area contributed by atoms with Gasteiger partial charge >= 0.3 is 0 Å². The largest absolute Gasteiger partial charge is 0.494 e. The number of hydrogen-bond acceptors (Lipinski definition) is 7. The normalized spacial score (nSPS) is 16.9. The van der Waals surface area contributed by atoms with Gasteiger partial charge < -0.3 is 19.7 Å². The molecule has 2 amide bonds. The summed E-state index contributed by atoms with van der Waals surface area (Å²) < 4.78 is 12.1. The zero-order valence-electron chi connectivity index (χ0n) is 20.5. The Bertz CT molecular complexity index is 1490. The second-order valence-corrected chi connectivity index (χ2v) is 9.18. The Morgan fingerprint density at radius 1 is 0.974 bits per heavy atom. The second kappa shape index (κ2) is 10.3. The number of ether oxygens (including phenoxy) is 2. The van der Waals surface area contributed by atoms with Crippen molar-refractivity contribution in [3.05, 3.63) is 107 Å². The van der Waals surface area contributed by atoms with Crippen LogP contribution in [0.2, 0.25) is 0 Å². The highest BCUT2D eigenvalue weighted by atomic mass is 16.5. The van der Waals surface area contributed by atoms with Crippen molar-refractivity contribution < 1.29 is 19.1 Å². The molecule has 0 radical (unpaired) electrons. The van der Waals surface area contributed by atoms with Gasteiger partial charge in [0.1, 0.15) is 17.2 Å². The smallest absolute Gasteiger partial charge is 0.256 e. The molecule has 5 heterocycles. The monoisotopic (exact) mass is 507 g/mol. The summed E-state index contributed by atoms with van der Waals surface area (Å²) >= 11 is 0. The van der Waals surface area contributed by atoms with Crippen molar-refractivity contribution in [2.24, 2.45) is 0 Å². The fraction of sp³-hybridized carbons (Fsp3) is 0.207. The van der Waals surface area contributed by atoms with Crippen LogP contribution in [0, 0.1) is 0 Å². The molecule has 3 aliphatic heterocycles. The topological polar surface area (TPSA) is 107 Å². The number of nitrogens with one attached hydrogen (secondary N) is 1. The Labute approximate surface area is 219 Å². The zero-order valence-corrected chi connectivity index (χ0v) is 20.5. The molecule has 1 N–H and O–H groups in total. The molecule has 9 heteroatoms. The van der Waals surface area contributed by atoms with E-state index in [9.17, 15) is 9.59 Å². The minimum Gasteiger partial charge on any atom is -0.494 e. The van der Waals surface area contributed by atoms with Gasteiger partial charge in [-0.2, -0.15) is 10.2 Å². The van der Waals surface area contributed by atoms with Gasteiger partial charge in [0.15, 0.2) is 0 Å². The maximum Gasteiger partial charge on any atom is 0.256 e. The van der Waals surface area contributed by atoms with Crippen LogP contribution >= 0.6 is 0 Å². The van der Waals surface area contributed by atoms with Gasteiger partial charge in [-0.15, -0.1) is 0 Å². The Hall–Kier alpha value is -4.79. The van der Waals surface area contributed by atoms with Crippen LogP contribution in [0.3, 0.4) is 0 Å². The summed E-state index contributed by atoms with van der Waals surface area (Å²) in [6.07, 6.45) is 7.41. The Morgan fingerprint density at radius 3 is 2.82 bits per heavy atom. The number of fused-ring (bicyclic) bond motifs is 6. The van der Waals surface area contributed by atoms with Crippen LogP contribution in [-0.4, -0.2) is 51.6 Å². The van der Waals surface area contributed by atoms with Gasteiger partial charge in [-0.1, -0.05) is 18.2 Å². The summed E-state index contributed by atoms with van der Waals surface area (Å²) in [5, 5.41) is 10.6. The third kappa shape index (κ3) is 4.78. The van der Waals surface area contributed by atoms with Gasteiger partial charge in [-0.05, 0) is 65.9 Å². The van der Waals surface area contributed by atoms with Crippen molar-refractivity contribution in [3.8, 4) is 17.2 Å². The molecule has 38 heavy (non-hydrogen) atoms. The van der Waals surface area contributed by atoms with Crippen LogP contribution in [0.4, 0.5) is 0 Å². The molecule has 9 nitrogen and oxygen atoms in total. The average Bonchev–Trinajstić information content (AvgIpc) is 2.96. The lowest BCUT2D eigenvalue weighted by Gasteiger charge is -2.38. The molecule has 0 saturated carbocycles. The fourth-order valence-corrected chi connectivity index (χ4v) is 4.90. The summed E-state index contributed by atoms with van der Waals surface area (Å²) in [6, 6.07) is 16.7. The van der Waals surface area contributed by atoms with E-state index in [1.54, 1.807) is 18.3 Å². The lowest BCUT2D eigenvalue weighted by molar-refractivity contribution is 0.0693. The predicted octanol–water partition coefficient (Wildman–Crippen LogP) is 3.96. The van der Waals surface area contributed by atoms with Crippen molar-refractivity contribution in [3.63, 3.8) is 0 Å². The predicted molar refractivity (Wildman–Crippen MR) is 138 cm³/mol. The van der Waals surface area contributed by atoms with E-state index in [4.69, 9.17) is 9.47 Å². The Morgan fingerprint density at radius 2 is 1.92 bits per heavy atom. The summed E-state index contributed by atoms with van der Waals surface area (Å²) in [5.41, 5.74) is 3.96. The van der Waals surface area contributed by atoms with Crippen molar-refractivity contribution in [2.75, 3.05) is 19.7 Å². The molecular formula is C29H25N5O4. The zero-order chi connectivity index (χ0) is 25.9. The number of benzene rings is 2. The lowest BCUT2D eigenvalue weighted by Crippen LogP contribution is -2.40. The average molecular weight is 508 g/mol. The van der Waals surface area contributed by atoms with Crippen molar-refractivity contribution in [2.45, 2.75) is 18.9 Å². The number of pyridine rings is 1. The molecule has 0 fully saturated rings. The van der Waals surface area contributed by atoms with Crippen molar-refractivity contribution >= 4 is 11.8 Å². The number of aromatic nitrogens is 3. The molecule has 190 valence electrons. The molecule has 0 spiro atoms. The van der Waals surface area contributed by atoms with E-state index in [2.05, 4.69) is 20.5 Å². The highest BCUT2D eigenvalue weighted by Crippen LogP contribution is 2.39. The van der Waals surface area contributed by atoms with Gasteiger partial charge in [-0.25, -0.2) is 0 Å². The van der Waals surface area contributed by atoms with Crippen LogP contribution < -0.4 is 14.8 Å². The highest BCUT2D eigenvalue weighted by molar-refractivity contribution is 5.95. The van der Waals surface area contributed by atoms with Gasteiger partial charge in [0.2, 0.25) is 0 Å². The molecule has 0 saturated heterocycles. The molecular weight excluding hydrogens is 482 g/mol. The third-order valence-corrected chi connectivity index (χ3v) is 6.70. The molecule has 2 aromatic heterocycles. The molecule has 1 atom stereocenters. The summed E-state index contributed by atoms with van der Waals surface area (Å²) in [5.74, 6) is 1.50. The third-order valence-electron chi connectivity index (χ3n) is 6.70. The maximum atomic E-state index is 13.6. The number of amides is 2. The molecule has 1 unspecified atom stereocenters. The van der Waals surface area contributed by atoms with Crippen molar-refractivity contribution in [1.82, 2.24) is 25.4 Å². The van der Waals surface area contributed by atoms with Gasteiger partial charge in [-0.3, -0.25) is 14.6 Å². The van der Waals surface area contributed by atoms with E-state index in [0.717, 1.165) is 16.7 Å². The van der Waals surface area contributed by atoms with E-state index in [-0.39, 0.29) is 17.9 Å². The molecule has 4 aromatic rings. The summed E-state index contributed by atoms with van der Waals surface area (Å²) in [7, 11) is 0. The van der Waals surface area contributed by atoms with Crippen LogP contribution in [0.5, 0.6) is 17.2 Å². The standard InChI is InChI=1S/C29H25N5O4/c35-28-22-15-25(18-30-16-22)38-24-5-6-26-19(13-24)8-11-34(29(36)21-7-10-32-33-17-21)27(26)20-3-1-4-23(14-20)37-12-2-9-31-28/h1,3-7,10,13-18,27H,2,8-9,11-12H2,(H,31,35). The minimum absolute atomic E-state index is 0.108. The first-order chi connectivity index (χ1) is 18.7. The number of rotatable bonds is 1. The summed E-state index contributed by atoms with van der Waals surface area (Å²) in [4.78, 5) is 32.3. The van der Waals surface area contributed by atoms with Gasteiger partial charge in [0, 0.05) is 19.3 Å². The van der Waals surface area contributed by atoms with Crippen LogP contribution in [0.25, 0.3) is 0 Å². The first-order valence-electron chi connectivity index (χ1n) is 12.5. The van der Waals surface area contributed by atoms with E-state index in [1.807, 2.05) is 47.4 Å². The molecule has 3 aliphatic rings. The Kier molecular flexibility index (Phi) is 6.39. The van der Waals surface area contributed by atoms with Crippen LogP contribution in [0.1, 0.15) is 49.9 Å². The summed E-state index contributed by atoms with van der Waals surface area (Å²) in [6.45, 7) is 1.41. The van der Waals surface area contributed by atoms with E-state index < -0.39 is 0 Å². The quantitative estimate of drug-likeness (QED) is 0.416. The first-order valence-corrected chi connectivity index (χ1v) is 12.5. The van der Waals surface area contributed by atoms with Crippen molar-refractivity contribution in [1.29, 1.82) is 0 Å². The minimum atomic E-state index is -0.319. The highest BCUT2D eigenvalue weighted by Gasteiger charge is 2.33. The van der Waals surface area contributed by atoms with Crippen LogP contribution in [0.15, 0.2) is 79.4 Å². The van der Waals surface area contributed by atoms with Gasteiger partial charge in [0.05, 0.1) is 42.4 Å². The Balaban J connectivity index is 1.43. The van der Waals surface area contributed by atoms with Gasteiger partial charge in [0.25, 0.3) is 11.8 Å². The molecule has 7 rings (SSSR count). The first kappa shape index (κ1) is 23.6. The van der Waals surface area contributed by atoms with Crippen LogP contribution in [-0.2, 0) is 6.42 Å². The number of carbonyl (C=O) groups excluding carboxylic acids is 2. The SMILES string of the molecule is O=C1NCCCOc2cccc(c2)C2c3ccc(cc3CCN2C(=O)c2ccnnc2)Oc2cncc1c2. The maximum absolute atomic E-state index is 13.6. The van der Waals surface area contributed by atoms with E-state index in [0.29, 0.717) is 60.9 Å². The number of hydrogen-bond donors (Lipinski definition) is 1. The van der Waals surface area contributed by atoms with E-state index >= 15 is 0 Å². The molecule has 8 bridgehead atoms.